The Balaban J connectivity index is 1.96. The van der Waals surface area contributed by atoms with E-state index < -0.39 is 5.97 Å². The van der Waals surface area contributed by atoms with Gasteiger partial charge in [0.05, 0.1) is 13.3 Å². The second-order valence-corrected chi connectivity index (χ2v) is 6.23. The van der Waals surface area contributed by atoms with Crippen LogP contribution in [0.5, 0.6) is 0 Å². The Morgan fingerprint density at radius 3 is 2.59 bits per heavy atom. The second kappa shape index (κ2) is 6.48. The lowest BCUT2D eigenvalue weighted by Crippen LogP contribution is -2.00. The van der Waals surface area contributed by atoms with Gasteiger partial charge in [-0.05, 0) is 30.3 Å². The fraction of sp³-hybridized carbons (Fsp3) is 0.111. The van der Waals surface area contributed by atoms with Crippen molar-refractivity contribution >= 4 is 23.2 Å². The number of carbonyl (C=O) groups is 1. The molecule has 3 aromatic heterocycles. The molecule has 0 bridgehead atoms. The van der Waals surface area contributed by atoms with Crippen molar-refractivity contribution in [3.05, 3.63) is 59.4 Å². The normalized spacial score (nSPS) is 11.1. The summed E-state index contributed by atoms with van der Waals surface area (Å²) in [5.41, 5.74) is 3.26. The topological polar surface area (TPSA) is 74.3 Å². The Hall–Kier alpha value is -3.26. The number of esters is 1. The lowest BCUT2D eigenvalue weighted by Gasteiger charge is -2.05. The summed E-state index contributed by atoms with van der Waals surface area (Å²) in [5.74, 6) is -0.908. The summed E-state index contributed by atoms with van der Waals surface area (Å²) in [7, 11) is 3.06. The van der Waals surface area contributed by atoms with E-state index in [4.69, 9.17) is 16.3 Å². The van der Waals surface area contributed by atoms with Crippen LogP contribution in [0, 0.1) is 5.82 Å². The van der Waals surface area contributed by atoms with E-state index in [0.29, 0.717) is 16.9 Å². The summed E-state index contributed by atoms with van der Waals surface area (Å²) in [4.78, 5) is 16.2. The number of hydrogen-bond donors (Lipinski definition) is 0. The molecule has 4 aromatic rings. The average Bonchev–Trinajstić information content (AvgIpc) is 3.24. The van der Waals surface area contributed by atoms with Crippen molar-refractivity contribution in [3.8, 4) is 22.4 Å². The van der Waals surface area contributed by atoms with Crippen molar-refractivity contribution in [2.45, 2.75) is 0 Å². The summed E-state index contributed by atoms with van der Waals surface area (Å²) >= 11 is 6.17. The number of aromatic nitrogens is 5. The number of nitrogens with zero attached hydrogens (tertiary/aromatic N) is 5. The molecule has 7 nitrogen and oxygen atoms in total. The Bertz CT molecular complexity index is 1170. The molecule has 1 aromatic carbocycles. The van der Waals surface area contributed by atoms with E-state index in [1.165, 1.54) is 30.0 Å². The standard InChI is InChI=1S/C18H13ClFN5O2/c1-24-8-13(16(23-24)10-3-5-11(20)6-4-10)12-7-15(19)22-25-9-14(18(26)27-2)21-17(12)25/h3-9H,1-2H3. The number of rotatable bonds is 3. The maximum Gasteiger partial charge on any atom is 0.358 e. The summed E-state index contributed by atoms with van der Waals surface area (Å²) in [5, 5.41) is 8.86. The molecule has 4 rings (SSSR count). The average molecular weight is 386 g/mol. The molecule has 136 valence electrons. The molecular formula is C18H13ClFN5O2. The van der Waals surface area contributed by atoms with Gasteiger partial charge in [-0.15, -0.1) is 0 Å². The second-order valence-electron chi connectivity index (χ2n) is 5.84. The van der Waals surface area contributed by atoms with Crippen LogP contribution in [0.2, 0.25) is 5.15 Å². The first-order valence-electron chi connectivity index (χ1n) is 7.90. The minimum absolute atomic E-state index is 0.112. The molecule has 0 saturated carbocycles. The molecular weight excluding hydrogens is 373 g/mol. The van der Waals surface area contributed by atoms with Crippen molar-refractivity contribution in [1.82, 2.24) is 24.4 Å². The fourth-order valence-electron chi connectivity index (χ4n) is 2.85. The third-order valence-corrected chi connectivity index (χ3v) is 4.21. The van der Waals surface area contributed by atoms with Crippen molar-refractivity contribution in [1.29, 1.82) is 0 Å². The summed E-state index contributed by atoms with van der Waals surface area (Å²) in [6, 6.07) is 7.68. The molecule has 0 spiro atoms. The van der Waals surface area contributed by atoms with Gasteiger partial charge in [0.2, 0.25) is 0 Å². The SMILES string of the molecule is COC(=O)c1cn2nc(Cl)cc(-c3cn(C)nc3-c3ccc(F)cc3)c2n1. The van der Waals surface area contributed by atoms with E-state index in [1.807, 2.05) is 0 Å². The molecule has 0 aliphatic carbocycles. The third kappa shape index (κ3) is 3.04. The highest BCUT2D eigenvalue weighted by Crippen LogP contribution is 2.34. The number of imidazole rings is 1. The number of halogens is 2. The smallest absolute Gasteiger partial charge is 0.358 e. The lowest BCUT2D eigenvalue weighted by molar-refractivity contribution is 0.0594. The predicted octanol–water partition coefficient (Wildman–Crippen LogP) is 3.38. The lowest BCUT2D eigenvalue weighted by atomic mass is 10.0. The van der Waals surface area contributed by atoms with Crippen molar-refractivity contribution < 1.29 is 13.9 Å². The molecule has 0 fully saturated rings. The van der Waals surface area contributed by atoms with Gasteiger partial charge in [-0.2, -0.15) is 10.2 Å². The van der Waals surface area contributed by atoms with E-state index in [9.17, 15) is 9.18 Å². The van der Waals surface area contributed by atoms with Gasteiger partial charge in [0.15, 0.2) is 16.5 Å². The first-order valence-corrected chi connectivity index (χ1v) is 8.28. The summed E-state index contributed by atoms with van der Waals surface area (Å²) in [6.45, 7) is 0. The maximum absolute atomic E-state index is 13.3. The quantitative estimate of drug-likeness (QED) is 0.505. The predicted molar refractivity (Wildman–Crippen MR) is 96.9 cm³/mol. The number of ether oxygens (including phenoxy) is 1. The summed E-state index contributed by atoms with van der Waals surface area (Å²) in [6.07, 6.45) is 3.25. The van der Waals surface area contributed by atoms with E-state index in [0.717, 1.165) is 11.1 Å². The van der Waals surface area contributed by atoms with Gasteiger partial charge in [0.25, 0.3) is 0 Å². The van der Waals surface area contributed by atoms with Crippen LogP contribution in [0.1, 0.15) is 10.5 Å². The number of methoxy groups -OCH3 is 1. The zero-order valence-corrected chi connectivity index (χ0v) is 15.1. The van der Waals surface area contributed by atoms with Gasteiger partial charge in [-0.1, -0.05) is 11.6 Å². The minimum Gasteiger partial charge on any atom is -0.464 e. The largest absolute Gasteiger partial charge is 0.464 e. The van der Waals surface area contributed by atoms with Crippen LogP contribution in [-0.2, 0) is 11.8 Å². The van der Waals surface area contributed by atoms with Crippen LogP contribution in [0.15, 0.2) is 42.7 Å². The molecule has 3 heterocycles. The summed E-state index contributed by atoms with van der Waals surface area (Å²) < 4.78 is 21.1. The van der Waals surface area contributed by atoms with Crippen LogP contribution < -0.4 is 0 Å². The molecule has 0 unspecified atom stereocenters. The van der Waals surface area contributed by atoms with Gasteiger partial charge in [-0.3, -0.25) is 4.68 Å². The molecule has 9 heteroatoms. The van der Waals surface area contributed by atoms with Crippen LogP contribution in [0.4, 0.5) is 4.39 Å². The molecule has 0 saturated heterocycles. The molecule has 0 aliphatic rings. The van der Waals surface area contributed by atoms with Crippen LogP contribution in [-0.4, -0.2) is 37.5 Å². The Labute approximate surface area is 158 Å². The van der Waals surface area contributed by atoms with E-state index in [1.54, 1.807) is 36.1 Å². The van der Waals surface area contributed by atoms with Crippen LogP contribution in [0.3, 0.4) is 0 Å². The van der Waals surface area contributed by atoms with Gasteiger partial charge in [-0.25, -0.2) is 18.7 Å². The van der Waals surface area contributed by atoms with Gasteiger partial charge in [0, 0.05) is 29.9 Å². The van der Waals surface area contributed by atoms with Crippen molar-refractivity contribution in [2.24, 2.45) is 7.05 Å². The highest BCUT2D eigenvalue weighted by atomic mass is 35.5. The van der Waals surface area contributed by atoms with Crippen LogP contribution >= 0.6 is 11.6 Å². The molecule has 0 aliphatic heterocycles. The minimum atomic E-state index is -0.576. The fourth-order valence-corrected chi connectivity index (χ4v) is 3.04. The zero-order chi connectivity index (χ0) is 19.1. The molecule has 0 N–H and O–H groups in total. The number of aryl methyl sites for hydroxylation is 1. The Morgan fingerprint density at radius 2 is 1.89 bits per heavy atom. The number of fused-ring (bicyclic) bond motifs is 1. The zero-order valence-electron chi connectivity index (χ0n) is 14.3. The molecule has 0 radical (unpaired) electrons. The van der Waals surface area contributed by atoms with Gasteiger partial charge < -0.3 is 4.74 Å². The first kappa shape index (κ1) is 17.2. The number of hydrogen-bond acceptors (Lipinski definition) is 5. The monoisotopic (exact) mass is 385 g/mol. The van der Waals surface area contributed by atoms with Gasteiger partial charge >= 0.3 is 5.97 Å². The van der Waals surface area contributed by atoms with Gasteiger partial charge in [0.1, 0.15) is 11.5 Å². The molecule has 27 heavy (non-hydrogen) atoms. The Morgan fingerprint density at radius 1 is 1.15 bits per heavy atom. The maximum atomic E-state index is 13.3. The molecule has 0 atom stereocenters. The van der Waals surface area contributed by atoms with E-state index in [2.05, 4.69) is 15.2 Å². The van der Waals surface area contributed by atoms with E-state index in [-0.39, 0.29) is 16.7 Å². The highest BCUT2D eigenvalue weighted by molar-refractivity contribution is 6.29. The van der Waals surface area contributed by atoms with Crippen molar-refractivity contribution in [3.63, 3.8) is 0 Å². The first-order chi connectivity index (χ1) is 13.0. The molecule has 0 amide bonds. The Kier molecular flexibility index (Phi) is 4.12. The van der Waals surface area contributed by atoms with Crippen molar-refractivity contribution in [2.75, 3.05) is 7.11 Å². The van der Waals surface area contributed by atoms with E-state index >= 15 is 0 Å². The third-order valence-electron chi connectivity index (χ3n) is 4.03. The number of benzene rings is 1. The van der Waals surface area contributed by atoms with Crippen LogP contribution in [0.25, 0.3) is 28.0 Å². The highest BCUT2D eigenvalue weighted by Gasteiger charge is 2.20. The number of carbonyl (C=O) groups excluding carboxylic acids is 1.